The van der Waals surface area contributed by atoms with Gasteiger partial charge in [0.15, 0.2) is 13.2 Å². The van der Waals surface area contributed by atoms with Gasteiger partial charge in [0.05, 0.1) is 5.69 Å². The number of anilines is 1. The van der Waals surface area contributed by atoms with E-state index in [0.29, 0.717) is 11.4 Å². The van der Waals surface area contributed by atoms with E-state index in [9.17, 15) is 9.59 Å². The normalized spacial score (nSPS) is 10.3. The van der Waals surface area contributed by atoms with Gasteiger partial charge < -0.3 is 14.8 Å². The Morgan fingerprint density at radius 2 is 1.65 bits per heavy atom. The Morgan fingerprint density at radius 1 is 1.04 bits per heavy atom. The van der Waals surface area contributed by atoms with Gasteiger partial charge in [0.1, 0.15) is 5.75 Å². The average molecular weight is 485 g/mol. The molecule has 0 aromatic heterocycles. The predicted molar refractivity (Wildman–Crippen MR) is 107 cm³/mol. The Hall–Kier alpha value is -1.86. The number of amides is 1. The molecule has 2 rings (SSSR count). The van der Waals surface area contributed by atoms with Crippen LogP contribution in [0, 0.1) is 6.92 Å². The predicted octanol–water partition coefficient (Wildman–Crippen LogP) is 4.64. The number of aryl methyl sites for hydroxylation is 2. The van der Waals surface area contributed by atoms with Crippen LogP contribution in [0.3, 0.4) is 0 Å². The summed E-state index contributed by atoms with van der Waals surface area (Å²) >= 11 is 6.79. The average Bonchev–Trinajstić information content (AvgIpc) is 2.61. The number of nitrogens with one attached hydrogen (secondary N) is 1. The van der Waals surface area contributed by atoms with Crippen LogP contribution in [0.1, 0.15) is 18.1 Å². The third-order valence-electron chi connectivity index (χ3n) is 3.50. The first-order valence-electron chi connectivity index (χ1n) is 8.02. The molecule has 0 saturated carbocycles. The van der Waals surface area contributed by atoms with Crippen molar-refractivity contribution >= 4 is 49.4 Å². The molecule has 5 nitrogen and oxygen atoms in total. The summed E-state index contributed by atoms with van der Waals surface area (Å²) in [4.78, 5) is 23.7. The second-order valence-corrected chi connectivity index (χ2v) is 7.31. The van der Waals surface area contributed by atoms with E-state index < -0.39 is 11.9 Å². The molecule has 138 valence electrons. The van der Waals surface area contributed by atoms with Crippen LogP contribution < -0.4 is 10.1 Å². The number of halogens is 2. The van der Waals surface area contributed by atoms with Crippen molar-refractivity contribution in [2.24, 2.45) is 0 Å². The van der Waals surface area contributed by atoms with Crippen molar-refractivity contribution in [2.45, 2.75) is 20.3 Å². The van der Waals surface area contributed by atoms with E-state index in [1.807, 2.05) is 31.2 Å². The molecular formula is C19H19Br2NO4. The first-order valence-corrected chi connectivity index (χ1v) is 9.60. The highest BCUT2D eigenvalue weighted by Gasteiger charge is 2.13. The lowest BCUT2D eigenvalue weighted by Crippen LogP contribution is -2.24. The first-order chi connectivity index (χ1) is 12.4. The Labute approximate surface area is 169 Å². The van der Waals surface area contributed by atoms with Crippen molar-refractivity contribution in [3.8, 4) is 5.75 Å². The van der Waals surface area contributed by atoms with Gasteiger partial charge in [0.2, 0.25) is 0 Å². The second kappa shape index (κ2) is 9.73. The van der Waals surface area contributed by atoms with Gasteiger partial charge in [-0.25, -0.2) is 4.79 Å². The van der Waals surface area contributed by atoms with Crippen molar-refractivity contribution in [2.75, 3.05) is 18.5 Å². The van der Waals surface area contributed by atoms with Crippen molar-refractivity contribution in [1.82, 2.24) is 0 Å². The molecule has 26 heavy (non-hydrogen) atoms. The number of carbonyl (C=O) groups excluding carboxylic acids is 2. The number of ether oxygens (including phenoxy) is 2. The summed E-state index contributed by atoms with van der Waals surface area (Å²) in [5.74, 6) is -0.464. The summed E-state index contributed by atoms with van der Waals surface area (Å²) in [6, 6.07) is 11.2. The van der Waals surface area contributed by atoms with Gasteiger partial charge in [0, 0.05) is 8.95 Å². The summed E-state index contributed by atoms with van der Waals surface area (Å²) in [6.45, 7) is 3.37. The van der Waals surface area contributed by atoms with Crippen LogP contribution in [0.2, 0.25) is 0 Å². The zero-order chi connectivity index (χ0) is 19.1. The van der Waals surface area contributed by atoms with Gasteiger partial charge in [-0.15, -0.1) is 0 Å². The van der Waals surface area contributed by atoms with E-state index in [1.54, 1.807) is 12.1 Å². The van der Waals surface area contributed by atoms with Crippen LogP contribution >= 0.6 is 31.9 Å². The maximum absolute atomic E-state index is 12.0. The van der Waals surface area contributed by atoms with Crippen molar-refractivity contribution in [3.63, 3.8) is 0 Å². The van der Waals surface area contributed by atoms with Gasteiger partial charge in [-0.1, -0.05) is 19.1 Å². The lowest BCUT2D eigenvalue weighted by Gasteiger charge is -2.11. The molecule has 0 spiro atoms. The number of carbonyl (C=O) groups is 2. The number of esters is 1. The third-order valence-corrected chi connectivity index (χ3v) is 4.75. The minimum absolute atomic E-state index is 0.253. The van der Waals surface area contributed by atoms with E-state index in [2.05, 4.69) is 44.1 Å². The van der Waals surface area contributed by atoms with Crippen molar-refractivity contribution in [1.29, 1.82) is 0 Å². The Bertz CT molecular complexity index is 768. The molecule has 0 heterocycles. The van der Waals surface area contributed by atoms with Crippen molar-refractivity contribution in [3.05, 3.63) is 56.5 Å². The minimum atomic E-state index is -0.609. The molecule has 1 amide bonds. The molecule has 2 aromatic carbocycles. The molecular weight excluding hydrogens is 466 g/mol. The standard InChI is InChI=1S/C19H19Br2NO4/c1-3-13-4-6-14(7-5-13)25-11-18(24)26-10-17(23)22-19-15(20)8-12(2)9-16(19)21/h4-9H,3,10-11H2,1-2H3,(H,22,23). The number of hydrogen-bond acceptors (Lipinski definition) is 4. The quantitative estimate of drug-likeness (QED) is 0.581. The Kier molecular flexibility index (Phi) is 7.66. The monoisotopic (exact) mass is 483 g/mol. The molecule has 0 bridgehead atoms. The number of hydrogen-bond donors (Lipinski definition) is 1. The summed E-state index contributed by atoms with van der Waals surface area (Å²) in [5, 5.41) is 2.70. The fourth-order valence-corrected chi connectivity index (χ4v) is 3.76. The molecule has 0 aliphatic carbocycles. The highest BCUT2D eigenvalue weighted by atomic mass is 79.9. The summed E-state index contributed by atoms with van der Waals surface area (Å²) in [5.41, 5.74) is 2.81. The van der Waals surface area contributed by atoms with Gasteiger partial charge >= 0.3 is 5.97 Å². The van der Waals surface area contributed by atoms with Crippen LogP contribution in [0.4, 0.5) is 5.69 Å². The third kappa shape index (κ3) is 6.14. The highest BCUT2D eigenvalue weighted by Crippen LogP contribution is 2.32. The molecule has 7 heteroatoms. The second-order valence-electron chi connectivity index (χ2n) is 5.60. The molecule has 0 unspecified atom stereocenters. The molecule has 0 aliphatic rings. The largest absolute Gasteiger partial charge is 0.482 e. The fraction of sp³-hybridized carbons (Fsp3) is 0.263. The lowest BCUT2D eigenvalue weighted by atomic mass is 10.2. The van der Waals surface area contributed by atoms with Gasteiger partial charge in [-0.05, 0) is 80.6 Å². The van der Waals surface area contributed by atoms with Gasteiger partial charge in [-0.2, -0.15) is 0 Å². The van der Waals surface area contributed by atoms with E-state index in [0.717, 1.165) is 20.9 Å². The molecule has 0 fully saturated rings. The Morgan fingerprint density at radius 3 is 2.23 bits per heavy atom. The van der Waals surface area contributed by atoms with Crippen LogP contribution in [0.15, 0.2) is 45.3 Å². The van der Waals surface area contributed by atoms with Crippen LogP contribution in [-0.2, 0) is 20.7 Å². The van der Waals surface area contributed by atoms with Crippen LogP contribution in [0.25, 0.3) is 0 Å². The molecule has 0 saturated heterocycles. The maximum Gasteiger partial charge on any atom is 0.344 e. The smallest absolute Gasteiger partial charge is 0.344 e. The van der Waals surface area contributed by atoms with E-state index in [4.69, 9.17) is 9.47 Å². The maximum atomic E-state index is 12.0. The first kappa shape index (κ1) is 20.5. The minimum Gasteiger partial charge on any atom is -0.482 e. The molecule has 0 atom stereocenters. The van der Waals surface area contributed by atoms with E-state index >= 15 is 0 Å². The molecule has 0 aliphatic heterocycles. The summed E-state index contributed by atoms with van der Waals surface area (Å²) in [6.07, 6.45) is 0.935. The molecule has 1 N–H and O–H groups in total. The van der Waals surface area contributed by atoms with Crippen LogP contribution in [-0.4, -0.2) is 25.1 Å². The number of benzene rings is 2. The molecule has 0 radical (unpaired) electrons. The topological polar surface area (TPSA) is 64.6 Å². The van der Waals surface area contributed by atoms with Crippen molar-refractivity contribution < 1.29 is 19.1 Å². The summed E-state index contributed by atoms with van der Waals surface area (Å²) in [7, 11) is 0. The van der Waals surface area contributed by atoms with Crippen LogP contribution in [0.5, 0.6) is 5.75 Å². The highest BCUT2D eigenvalue weighted by molar-refractivity contribution is 9.11. The SMILES string of the molecule is CCc1ccc(OCC(=O)OCC(=O)Nc2c(Br)cc(C)cc2Br)cc1. The fourth-order valence-electron chi connectivity index (χ4n) is 2.15. The lowest BCUT2D eigenvalue weighted by molar-refractivity contribution is -0.149. The zero-order valence-corrected chi connectivity index (χ0v) is 17.6. The van der Waals surface area contributed by atoms with E-state index in [1.165, 1.54) is 5.56 Å². The Balaban J connectivity index is 1.78. The van der Waals surface area contributed by atoms with Gasteiger partial charge in [-0.3, -0.25) is 4.79 Å². The zero-order valence-electron chi connectivity index (χ0n) is 14.5. The number of rotatable bonds is 7. The molecule has 2 aromatic rings. The summed E-state index contributed by atoms with van der Waals surface area (Å²) < 4.78 is 11.8. The van der Waals surface area contributed by atoms with E-state index in [-0.39, 0.29) is 13.2 Å². The van der Waals surface area contributed by atoms with Gasteiger partial charge in [0.25, 0.3) is 5.91 Å².